The number of thiazole rings is 1. The molecule has 16 heavy (non-hydrogen) atoms. The van der Waals surface area contributed by atoms with Crippen molar-refractivity contribution >= 4 is 27.2 Å². The third-order valence-corrected chi connectivity index (χ3v) is 2.80. The van der Waals surface area contributed by atoms with Gasteiger partial charge in [0, 0.05) is 6.07 Å². The van der Waals surface area contributed by atoms with E-state index in [0.717, 1.165) is 17.4 Å². The lowest BCUT2D eigenvalue weighted by molar-refractivity contribution is -0.383. The Balaban J connectivity index is 2.76. The largest absolute Gasteiger partial charge is 0.416 e. The van der Waals surface area contributed by atoms with Gasteiger partial charge in [-0.05, 0) is 6.07 Å². The van der Waals surface area contributed by atoms with Gasteiger partial charge in [-0.25, -0.2) is 4.98 Å². The number of nitro groups is 1. The van der Waals surface area contributed by atoms with Crippen molar-refractivity contribution in [3.63, 3.8) is 0 Å². The number of benzene rings is 1. The summed E-state index contributed by atoms with van der Waals surface area (Å²) in [5.74, 6) is 0. The van der Waals surface area contributed by atoms with E-state index in [4.69, 9.17) is 0 Å². The van der Waals surface area contributed by atoms with Crippen LogP contribution in [0.2, 0.25) is 0 Å². The number of fused-ring (bicyclic) bond motifs is 1. The molecule has 0 N–H and O–H groups in total. The number of rotatable bonds is 1. The second-order valence-electron chi connectivity index (χ2n) is 2.95. The molecule has 8 heteroatoms. The summed E-state index contributed by atoms with van der Waals surface area (Å²) in [6.45, 7) is 0. The molecular formula is C8H3F3N2O2S. The number of hydrogen-bond acceptors (Lipinski definition) is 4. The number of halogens is 3. The average molecular weight is 248 g/mol. The van der Waals surface area contributed by atoms with Crippen molar-refractivity contribution in [3.8, 4) is 0 Å². The fourth-order valence-electron chi connectivity index (χ4n) is 1.25. The second-order valence-corrected chi connectivity index (χ2v) is 3.81. The van der Waals surface area contributed by atoms with Gasteiger partial charge in [-0.1, -0.05) is 0 Å². The topological polar surface area (TPSA) is 56.0 Å². The minimum atomic E-state index is -4.61. The monoisotopic (exact) mass is 248 g/mol. The zero-order valence-corrected chi connectivity index (χ0v) is 8.30. The van der Waals surface area contributed by atoms with E-state index in [1.54, 1.807) is 0 Å². The SMILES string of the molecule is O=[N+]([O-])c1cc(C(F)(F)F)cc2ncsc12. The third-order valence-electron chi connectivity index (χ3n) is 1.94. The molecule has 0 amide bonds. The Labute approximate surface area is 90.5 Å². The summed E-state index contributed by atoms with van der Waals surface area (Å²) < 4.78 is 37.4. The molecular weight excluding hydrogens is 245 g/mol. The van der Waals surface area contributed by atoms with Crippen LogP contribution in [0.1, 0.15) is 5.56 Å². The predicted octanol–water partition coefficient (Wildman–Crippen LogP) is 3.22. The lowest BCUT2D eigenvalue weighted by Gasteiger charge is -2.05. The summed E-state index contributed by atoms with van der Waals surface area (Å²) in [6.07, 6.45) is -4.61. The normalized spacial score (nSPS) is 11.9. The predicted molar refractivity (Wildman–Crippen MR) is 51.3 cm³/mol. The van der Waals surface area contributed by atoms with Crippen LogP contribution in [0.4, 0.5) is 18.9 Å². The number of hydrogen-bond donors (Lipinski definition) is 0. The first-order valence-electron chi connectivity index (χ1n) is 3.98. The first-order chi connectivity index (χ1) is 7.39. The van der Waals surface area contributed by atoms with Gasteiger partial charge < -0.3 is 0 Å². The van der Waals surface area contributed by atoms with Gasteiger partial charge in [0.25, 0.3) is 5.69 Å². The molecule has 1 aromatic heterocycles. The Morgan fingerprint density at radius 1 is 1.38 bits per heavy atom. The third kappa shape index (κ3) is 1.71. The van der Waals surface area contributed by atoms with E-state index in [1.165, 1.54) is 5.51 Å². The molecule has 84 valence electrons. The van der Waals surface area contributed by atoms with Crippen LogP contribution in [0.5, 0.6) is 0 Å². The van der Waals surface area contributed by atoms with E-state index in [9.17, 15) is 23.3 Å². The van der Waals surface area contributed by atoms with Gasteiger partial charge in [0.15, 0.2) is 0 Å². The smallest absolute Gasteiger partial charge is 0.258 e. The van der Waals surface area contributed by atoms with Crippen LogP contribution in [0, 0.1) is 10.1 Å². The molecule has 0 saturated carbocycles. The van der Waals surface area contributed by atoms with Gasteiger partial charge in [-0.15, -0.1) is 11.3 Å². The summed E-state index contributed by atoms with van der Waals surface area (Å²) >= 11 is 0.941. The Hall–Kier alpha value is -1.70. The zero-order chi connectivity index (χ0) is 11.9. The van der Waals surface area contributed by atoms with Gasteiger partial charge in [0.2, 0.25) is 0 Å². The van der Waals surface area contributed by atoms with E-state index in [1.807, 2.05) is 0 Å². The molecule has 2 rings (SSSR count). The molecule has 1 heterocycles. The minimum absolute atomic E-state index is 0.00785. The van der Waals surface area contributed by atoms with Crippen molar-refractivity contribution in [1.29, 1.82) is 0 Å². The summed E-state index contributed by atoms with van der Waals surface area (Å²) in [5, 5.41) is 10.6. The maximum Gasteiger partial charge on any atom is 0.416 e. The van der Waals surface area contributed by atoms with Gasteiger partial charge >= 0.3 is 6.18 Å². The molecule has 0 bridgehead atoms. The molecule has 0 aliphatic rings. The number of nitrogens with zero attached hydrogens (tertiary/aromatic N) is 2. The van der Waals surface area contributed by atoms with E-state index >= 15 is 0 Å². The molecule has 0 radical (unpaired) electrons. The van der Waals surface area contributed by atoms with Crippen LogP contribution in [-0.4, -0.2) is 9.91 Å². The summed E-state index contributed by atoms with van der Waals surface area (Å²) in [6, 6.07) is 1.33. The van der Waals surface area contributed by atoms with E-state index in [0.29, 0.717) is 6.07 Å². The lowest BCUT2D eigenvalue weighted by atomic mass is 10.2. The highest BCUT2D eigenvalue weighted by Gasteiger charge is 2.33. The van der Waals surface area contributed by atoms with Crippen molar-refractivity contribution in [1.82, 2.24) is 4.98 Å². The zero-order valence-electron chi connectivity index (χ0n) is 7.49. The van der Waals surface area contributed by atoms with Crippen molar-refractivity contribution in [2.24, 2.45) is 0 Å². The Kier molecular flexibility index (Phi) is 2.30. The molecule has 0 saturated heterocycles. The summed E-state index contributed by atoms with van der Waals surface area (Å²) in [7, 11) is 0. The van der Waals surface area contributed by atoms with Crippen molar-refractivity contribution in [3.05, 3.63) is 33.3 Å². The number of non-ortho nitro benzene ring substituents is 1. The van der Waals surface area contributed by atoms with Crippen LogP contribution in [0.3, 0.4) is 0 Å². The van der Waals surface area contributed by atoms with Gasteiger partial charge in [0.1, 0.15) is 4.70 Å². The van der Waals surface area contributed by atoms with Gasteiger partial charge in [-0.2, -0.15) is 13.2 Å². The van der Waals surface area contributed by atoms with Crippen LogP contribution < -0.4 is 0 Å². The van der Waals surface area contributed by atoms with Crippen molar-refractivity contribution in [2.45, 2.75) is 6.18 Å². The van der Waals surface area contributed by atoms with Crippen molar-refractivity contribution < 1.29 is 18.1 Å². The van der Waals surface area contributed by atoms with Crippen molar-refractivity contribution in [2.75, 3.05) is 0 Å². The highest BCUT2D eigenvalue weighted by Crippen LogP contribution is 2.37. The molecule has 0 fully saturated rings. The van der Waals surface area contributed by atoms with Crippen LogP contribution in [0.15, 0.2) is 17.6 Å². The molecule has 0 aliphatic heterocycles. The van der Waals surface area contributed by atoms with E-state index in [2.05, 4.69) is 4.98 Å². The highest BCUT2D eigenvalue weighted by atomic mass is 32.1. The second kappa shape index (κ2) is 3.41. The Bertz CT molecular complexity index is 564. The minimum Gasteiger partial charge on any atom is -0.258 e. The summed E-state index contributed by atoms with van der Waals surface area (Å²) in [4.78, 5) is 13.4. The fourth-order valence-corrected chi connectivity index (χ4v) is 2.01. The number of aromatic nitrogens is 1. The Morgan fingerprint density at radius 3 is 2.62 bits per heavy atom. The molecule has 0 spiro atoms. The van der Waals surface area contributed by atoms with Crippen LogP contribution in [0.25, 0.3) is 10.2 Å². The van der Waals surface area contributed by atoms with E-state index < -0.39 is 22.4 Å². The molecule has 2 aromatic rings. The fraction of sp³-hybridized carbons (Fsp3) is 0.125. The van der Waals surface area contributed by atoms with Crippen LogP contribution in [-0.2, 0) is 6.18 Å². The maximum absolute atomic E-state index is 12.4. The van der Waals surface area contributed by atoms with E-state index in [-0.39, 0.29) is 10.2 Å². The molecule has 0 atom stereocenters. The lowest BCUT2D eigenvalue weighted by Crippen LogP contribution is -2.05. The molecule has 4 nitrogen and oxygen atoms in total. The standard InChI is InChI=1S/C8H3F3N2O2S/c9-8(10,11)4-1-5-7(16-3-12-5)6(2-4)13(14)15/h1-3H. The molecule has 1 aromatic carbocycles. The first kappa shape index (κ1) is 10.8. The van der Waals surface area contributed by atoms with Gasteiger partial charge in [-0.3, -0.25) is 10.1 Å². The quantitative estimate of drug-likeness (QED) is 0.575. The maximum atomic E-state index is 12.4. The summed E-state index contributed by atoms with van der Waals surface area (Å²) in [5.41, 5.74) is -0.353. The Morgan fingerprint density at radius 2 is 2.06 bits per heavy atom. The number of nitro benzene ring substituents is 1. The molecule has 0 unspecified atom stereocenters. The molecule has 0 aliphatic carbocycles. The van der Waals surface area contributed by atoms with Gasteiger partial charge in [0.05, 0.1) is 21.5 Å². The average Bonchev–Trinajstić information content (AvgIpc) is 2.61. The van der Waals surface area contributed by atoms with Crippen LogP contribution >= 0.6 is 11.3 Å². The highest BCUT2D eigenvalue weighted by molar-refractivity contribution is 7.17. The number of alkyl halides is 3. The first-order valence-corrected chi connectivity index (χ1v) is 4.86.